The Bertz CT molecular complexity index is 980. The van der Waals surface area contributed by atoms with Crippen molar-refractivity contribution in [1.29, 1.82) is 0 Å². The second kappa shape index (κ2) is 9.33. The van der Waals surface area contributed by atoms with Gasteiger partial charge in [-0.05, 0) is 56.5 Å². The molecule has 0 atom stereocenters. The molecule has 0 bridgehead atoms. The average molecular weight is 418 g/mol. The number of hydrogen-bond acceptors (Lipinski definition) is 7. The van der Waals surface area contributed by atoms with Gasteiger partial charge in [-0.1, -0.05) is 6.07 Å². The molecular weight excluding hydrogens is 396 g/mol. The third kappa shape index (κ3) is 5.00. The molecule has 9 heteroatoms. The number of nitrogens with one attached hydrogen (secondary N) is 2. The van der Waals surface area contributed by atoms with Crippen LogP contribution in [0.1, 0.15) is 54.0 Å². The number of hydrogen-bond donors (Lipinski definition) is 2. The highest BCUT2D eigenvalue weighted by atomic mass is 32.1. The first-order valence-electron chi connectivity index (χ1n) is 8.78. The average Bonchev–Trinajstić information content (AvgIpc) is 2.99. The lowest BCUT2D eigenvalue weighted by atomic mass is 10.1. The quantitative estimate of drug-likeness (QED) is 0.718. The number of alkyl carbamates (subject to hydrolysis) is 1. The Morgan fingerprint density at radius 1 is 1.03 bits per heavy atom. The number of carbonyl (C=O) groups is 4. The molecule has 0 aliphatic carbocycles. The number of esters is 1. The predicted molar refractivity (Wildman–Crippen MR) is 109 cm³/mol. The van der Waals surface area contributed by atoms with E-state index in [4.69, 9.17) is 4.74 Å². The summed E-state index contributed by atoms with van der Waals surface area (Å²) in [6.45, 7) is 7.18. The van der Waals surface area contributed by atoms with E-state index in [0.717, 1.165) is 29.6 Å². The van der Waals surface area contributed by atoms with Gasteiger partial charge in [0, 0.05) is 5.56 Å². The van der Waals surface area contributed by atoms with Crippen molar-refractivity contribution in [2.75, 3.05) is 19.0 Å². The number of thiophene rings is 1. The van der Waals surface area contributed by atoms with Gasteiger partial charge in [-0.3, -0.25) is 14.9 Å². The fourth-order valence-corrected chi connectivity index (χ4v) is 3.62. The van der Waals surface area contributed by atoms with E-state index in [1.54, 1.807) is 26.0 Å². The van der Waals surface area contributed by atoms with E-state index >= 15 is 0 Å². The minimum Gasteiger partial charge on any atom is -0.462 e. The van der Waals surface area contributed by atoms with Crippen molar-refractivity contribution < 1.29 is 28.7 Å². The van der Waals surface area contributed by atoms with Crippen LogP contribution in [0.2, 0.25) is 0 Å². The Kier molecular flexibility index (Phi) is 7.11. The van der Waals surface area contributed by atoms with Crippen molar-refractivity contribution >= 4 is 40.2 Å². The smallest absolute Gasteiger partial charge is 0.413 e. The van der Waals surface area contributed by atoms with Gasteiger partial charge in [0.1, 0.15) is 9.88 Å². The Hall–Kier alpha value is -3.20. The fourth-order valence-electron chi connectivity index (χ4n) is 2.53. The van der Waals surface area contributed by atoms with Crippen molar-refractivity contribution in [3.63, 3.8) is 0 Å². The molecule has 8 nitrogen and oxygen atoms in total. The molecule has 0 radical (unpaired) electrons. The lowest BCUT2D eigenvalue weighted by molar-refractivity contribution is 0.0531. The van der Waals surface area contributed by atoms with Crippen LogP contribution in [-0.4, -0.2) is 37.6 Å². The van der Waals surface area contributed by atoms with Crippen molar-refractivity contribution in [1.82, 2.24) is 5.32 Å². The maximum Gasteiger partial charge on any atom is 0.413 e. The van der Waals surface area contributed by atoms with Crippen molar-refractivity contribution in [2.45, 2.75) is 27.7 Å². The summed E-state index contributed by atoms with van der Waals surface area (Å²) in [5.74, 6) is -1.86. The molecule has 2 rings (SSSR count). The van der Waals surface area contributed by atoms with E-state index in [-0.39, 0.29) is 22.0 Å². The number of ether oxygens (including phenoxy) is 2. The molecule has 0 saturated heterocycles. The molecule has 0 fully saturated rings. The van der Waals surface area contributed by atoms with Crippen LogP contribution in [0.5, 0.6) is 0 Å². The topological polar surface area (TPSA) is 111 Å². The van der Waals surface area contributed by atoms with Crippen molar-refractivity contribution in [2.24, 2.45) is 0 Å². The zero-order valence-electron chi connectivity index (χ0n) is 16.8. The van der Waals surface area contributed by atoms with E-state index < -0.39 is 23.9 Å². The summed E-state index contributed by atoms with van der Waals surface area (Å²) in [4.78, 5) is 49.1. The maximum atomic E-state index is 12.7. The zero-order chi connectivity index (χ0) is 21.7. The largest absolute Gasteiger partial charge is 0.462 e. The molecule has 0 aliphatic rings. The third-order valence-corrected chi connectivity index (χ3v) is 5.42. The molecule has 29 heavy (non-hydrogen) atoms. The highest BCUT2D eigenvalue weighted by molar-refractivity contribution is 7.18. The van der Waals surface area contributed by atoms with E-state index in [1.807, 2.05) is 25.2 Å². The minimum atomic E-state index is -0.954. The van der Waals surface area contributed by atoms with Gasteiger partial charge in [0.2, 0.25) is 0 Å². The molecule has 154 valence electrons. The Morgan fingerprint density at radius 3 is 2.31 bits per heavy atom. The van der Waals surface area contributed by atoms with Gasteiger partial charge in [-0.15, -0.1) is 11.3 Å². The molecule has 0 spiro atoms. The second-order valence-corrected chi connectivity index (χ2v) is 7.20. The third-order valence-electron chi connectivity index (χ3n) is 4.23. The van der Waals surface area contributed by atoms with Crippen molar-refractivity contribution in [3.8, 4) is 0 Å². The Balaban J connectivity index is 2.44. The van der Waals surface area contributed by atoms with Crippen LogP contribution >= 0.6 is 11.3 Å². The summed E-state index contributed by atoms with van der Waals surface area (Å²) in [6, 6.07) is 5.21. The number of anilines is 1. The van der Waals surface area contributed by atoms with E-state index in [9.17, 15) is 19.2 Å². The first kappa shape index (κ1) is 22.1. The van der Waals surface area contributed by atoms with Crippen LogP contribution in [0.25, 0.3) is 0 Å². The molecule has 1 aromatic carbocycles. The van der Waals surface area contributed by atoms with Crippen LogP contribution in [0.15, 0.2) is 18.2 Å². The number of benzene rings is 1. The normalized spacial score (nSPS) is 10.2. The Morgan fingerprint density at radius 2 is 1.72 bits per heavy atom. The predicted octanol–water partition coefficient (Wildman–Crippen LogP) is 3.60. The van der Waals surface area contributed by atoms with E-state index in [0.29, 0.717) is 11.1 Å². The first-order valence-corrected chi connectivity index (χ1v) is 9.59. The van der Waals surface area contributed by atoms with Gasteiger partial charge in [-0.2, -0.15) is 0 Å². The first-order chi connectivity index (χ1) is 13.7. The lowest BCUT2D eigenvalue weighted by Crippen LogP contribution is -2.31. The standard InChI is InChI=1S/C20H22N2O6S/c1-6-28-19(25)15-12(4)14(17(24)22-20(26)27-5)18(29-15)21-16(23)13-8-7-10(2)11(3)9-13/h7-9H,6H2,1-5H3,(H,21,23)(H,22,24,26). The summed E-state index contributed by atoms with van der Waals surface area (Å²) in [5, 5.41) is 4.84. The number of imide groups is 1. The molecule has 1 aromatic heterocycles. The summed E-state index contributed by atoms with van der Waals surface area (Å²) < 4.78 is 9.46. The summed E-state index contributed by atoms with van der Waals surface area (Å²) >= 11 is 0.908. The molecule has 2 N–H and O–H groups in total. The second-order valence-electron chi connectivity index (χ2n) is 6.18. The van der Waals surface area contributed by atoms with Gasteiger partial charge in [0.15, 0.2) is 0 Å². The molecule has 0 saturated carbocycles. The van der Waals surface area contributed by atoms with Gasteiger partial charge in [0.25, 0.3) is 11.8 Å². The van der Waals surface area contributed by atoms with Crippen LogP contribution in [0.4, 0.5) is 9.80 Å². The van der Waals surface area contributed by atoms with Gasteiger partial charge < -0.3 is 14.8 Å². The van der Waals surface area contributed by atoms with Crippen LogP contribution < -0.4 is 10.6 Å². The zero-order valence-corrected chi connectivity index (χ0v) is 17.6. The molecule has 3 amide bonds. The number of aryl methyl sites for hydroxylation is 2. The SMILES string of the molecule is CCOC(=O)c1sc(NC(=O)c2ccc(C)c(C)c2)c(C(=O)NC(=O)OC)c1C. The molecule has 0 aliphatic heterocycles. The van der Waals surface area contributed by atoms with Gasteiger partial charge >= 0.3 is 12.1 Å². The van der Waals surface area contributed by atoms with E-state index in [2.05, 4.69) is 10.1 Å². The molecular formula is C20H22N2O6S. The summed E-state index contributed by atoms with van der Waals surface area (Å²) in [6.07, 6.45) is -0.954. The van der Waals surface area contributed by atoms with Crippen LogP contribution in [-0.2, 0) is 9.47 Å². The van der Waals surface area contributed by atoms with Crippen LogP contribution in [0, 0.1) is 20.8 Å². The molecule has 2 aromatic rings. The summed E-state index contributed by atoms with van der Waals surface area (Å²) in [5.41, 5.74) is 2.68. The number of methoxy groups -OCH3 is 1. The number of carbonyl (C=O) groups excluding carboxylic acids is 4. The molecule has 0 unspecified atom stereocenters. The maximum absolute atomic E-state index is 12.7. The fraction of sp³-hybridized carbons (Fsp3) is 0.300. The number of amides is 3. The highest BCUT2D eigenvalue weighted by Gasteiger charge is 2.27. The summed E-state index contributed by atoms with van der Waals surface area (Å²) in [7, 11) is 1.12. The Labute approximate surface area is 172 Å². The number of rotatable bonds is 5. The van der Waals surface area contributed by atoms with Crippen LogP contribution in [0.3, 0.4) is 0 Å². The minimum absolute atomic E-state index is 0.000590. The van der Waals surface area contributed by atoms with Crippen molar-refractivity contribution in [3.05, 3.63) is 50.9 Å². The van der Waals surface area contributed by atoms with Gasteiger partial charge in [-0.25, -0.2) is 9.59 Å². The van der Waals surface area contributed by atoms with Gasteiger partial charge in [0.05, 0.1) is 19.3 Å². The van der Waals surface area contributed by atoms with E-state index in [1.165, 1.54) is 0 Å². The monoisotopic (exact) mass is 418 g/mol. The molecule has 1 heterocycles. The lowest BCUT2D eigenvalue weighted by Gasteiger charge is -2.09. The highest BCUT2D eigenvalue weighted by Crippen LogP contribution is 2.34.